The van der Waals surface area contributed by atoms with Gasteiger partial charge in [0.1, 0.15) is 0 Å². The molecule has 0 spiro atoms. The standard InChI is InChI=1S/C25H28F3NO/c1-30-17-9-15-23-14-7-8-16-24(23,18-25(26,27)28)29-22(19-10-3-2-4-11-19)20-12-5-6-13-21(20)23/h2-6,10-13H,7-9,14-18H2,1H3. The lowest BCUT2D eigenvalue weighted by molar-refractivity contribution is -0.158. The maximum absolute atomic E-state index is 14.0. The largest absolute Gasteiger partial charge is 0.391 e. The summed E-state index contributed by atoms with van der Waals surface area (Å²) in [4.78, 5) is 5.04. The summed E-state index contributed by atoms with van der Waals surface area (Å²) >= 11 is 0. The molecule has 0 bridgehead atoms. The van der Waals surface area contributed by atoms with Crippen LogP contribution in [0.5, 0.6) is 0 Å². The molecule has 0 saturated heterocycles. The summed E-state index contributed by atoms with van der Waals surface area (Å²) in [5.74, 6) is 0. The van der Waals surface area contributed by atoms with Crippen LogP contribution in [-0.2, 0) is 10.2 Å². The van der Waals surface area contributed by atoms with Gasteiger partial charge < -0.3 is 4.74 Å². The van der Waals surface area contributed by atoms with Gasteiger partial charge in [0, 0.05) is 30.3 Å². The van der Waals surface area contributed by atoms with Crippen molar-refractivity contribution in [2.24, 2.45) is 4.99 Å². The van der Waals surface area contributed by atoms with Crippen molar-refractivity contribution in [1.82, 2.24) is 0 Å². The fourth-order valence-corrected chi connectivity index (χ4v) is 5.70. The number of fused-ring (bicyclic) bond motifs is 3. The Morgan fingerprint density at radius 3 is 2.40 bits per heavy atom. The van der Waals surface area contributed by atoms with Crippen LogP contribution in [0.15, 0.2) is 59.6 Å². The van der Waals surface area contributed by atoms with Crippen molar-refractivity contribution in [3.63, 3.8) is 0 Å². The molecule has 2 aromatic rings. The molecule has 1 heterocycles. The van der Waals surface area contributed by atoms with Gasteiger partial charge in [-0.15, -0.1) is 0 Å². The molecule has 0 aromatic heterocycles. The lowest BCUT2D eigenvalue weighted by Crippen LogP contribution is -2.57. The van der Waals surface area contributed by atoms with Crippen LogP contribution >= 0.6 is 0 Å². The van der Waals surface area contributed by atoms with Gasteiger partial charge in [-0.05, 0) is 31.2 Å². The Labute approximate surface area is 176 Å². The van der Waals surface area contributed by atoms with Gasteiger partial charge in [-0.1, -0.05) is 67.4 Å². The third kappa shape index (κ3) is 3.68. The smallest absolute Gasteiger partial charge is 0.385 e. The van der Waals surface area contributed by atoms with Crippen molar-refractivity contribution in [3.8, 4) is 0 Å². The van der Waals surface area contributed by atoms with Crippen LogP contribution in [0.3, 0.4) is 0 Å². The zero-order valence-electron chi connectivity index (χ0n) is 17.3. The SMILES string of the molecule is COCCCC12CCCCC1(CC(F)(F)F)N=C(c1ccccc1)c1ccccc12. The van der Waals surface area contributed by atoms with Gasteiger partial charge in [0.05, 0.1) is 17.7 Å². The first-order chi connectivity index (χ1) is 14.4. The molecule has 2 atom stereocenters. The predicted octanol–water partition coefficient (Wildman–Crippen LogP) is 6.47. The Balaban J connectivity index is 1.96. The third-order valence-corrected chi connectivity index (χ3v) is 6.85. The lowest BCUT2D eigenvalue weighted by atomic mass is 9.52. The Morgan fingerprint density at radius 1 is 0.967 bits per heavy atom. The van der Waals surface area contributed by atoms with Gasteiger partial charge >= 0.3 is 6.18 Å². The normalized spacial score (nSPS) is 25.9. The van der Waals surface area contributed by atoms with Crippen molar-refractivity contribution in [1.29, 1.82) is 0 Å². The van der Waals surface area contributed by atoms with Crippen molar-refractivity contribution in [3.05, 3.63) is 71.3 Å². The first-order valence-corrected chi connectivity index (χ1v) is 10.7. The summed E-state index contributed by atoms with van der Waals surface area (Å²) in [5, 5.41) is 0. The Hall–Kier alpha value is -2.14. The quantitative estimate of drug-likeness (QED) is 0.496. The zero-order chi connectivity index (χ0) is 21.2. The highest BCUT2D eigenvalue weighted by molar-refractivity contribution is 6.15. The Morgan fingerprint density at radius 2 is 1.67 bits per heavy atom. The summed E-state index contributed by atoms with van der Waals surface area (Å²) in [5.41, 5.74) is 1.78. The number of aliphatic imine (C=N–C) groups is 1. The van der Waals surface area contributed by atoms with E-state index in [0.717, 1.165) is 42.4 Å². The van der Waals surface area contributed by atoms with Gasteiger partial charge in [-0.3, -0.25) is 4.99 Å². The fourth-order valence-electron chi connectivity index (χ4n) is 5.70. The minimum atomic E-state index is -4.28. The number of hydrogen-bond donors (Lipinski definition) is 0. The second-order valence-corrected chi connectivity index (χ2v) is 8.58. The van der Waals surface area contributed by atoms with E-state index in [1.807, 2.05) is 54.6 Å². The molecule has 2 nitrogen and oxygen atoms in total. The summed E-state index contributed by atoms with van der Waals surface area (Å²) < 4.78 is 47.2. The molecule has 1 saturated carbocycles. The van der Waals surface area contributed by atoms with E-state index in [2.05, 4.69) is 0 Å². The second kappa shape index (κ2) is 8.18. The monoisotopic (exact) mass is 415 g/mol. The number of ether oxygens (including phenoxy) is 1. The van der Waals surface area contributed by atoms with E-state index in [-0.39, 0.29) is 0 Å². The van der Waals surface area contributed by atoms with Gasteiger partial charge in [0.2, 0.25) is 0 Å². The lowest BCUT2D eigenvalue weighted by Gasteiger charge is -2.55. The van der Waals surface area contributed by atoms with Crippen LogP contribution in [0.1, 0.15) is 61.6 Å². The minimum absolute atomic E-state index is 0.462. The molecular weight excluding hydrogens is 387 g/mol. The number of nitrogens with zero attached hydrogens (tertiary/aromatic N) is 1. The van der Waals surface area contributed by atoms with E-state index in [4.69, 9.17) is 9.73 Å². The highest BCUT2D eigenvalue weighted by Crippen LogP contribution is 2.58. The van der Waals surface area contributed by atoms with Crippen molar-refractivity contribution in [2.45, 2.75) is 62.1 Å². The molecule has 0 radical (unpaired) electrons. The van der Waals surface area contributed by atoms with Crippen LogP contribution in [0, 0.1) is 0 Å². The summed E-state index contributed by atoms with van der Waals surface area (Å²) in [6.45, 7) is 0.543. The van der Waals surface area contributed by atoms with Crippen LogP contribution < -0.4 is 0 Å². The topological polar surface area (TPSA) is 21.6 Å². The number of rotatable bonds is 6. The molecule has 4 rings (SSSR count). The Kier molecular flexibility index (Phi) is 5.75. The molecule has 1 aliphatic carbocycles. The average Bonchev–Trinajstić information content (AvgIpc) is 2.73. The van der Waals surface area contributed by atoms with E-state index < -0.39 is 23.6 Å². The molecule has 2 aliphatic rings. The molecule has 2 unspecified atom stereocenters. The van der Waals surface area contributed by atoms with E-state index in [1.165, 1.54) is 0 Å². The number of halogens is 3. The average molecular weight is 415 g/mol. The molecule has 5 heteroatoms. The highest BCUT2D eigenvalue weighted by atomic mass is 19.4. The molecule has 2 aromatic carbocycles. The molecule has 1 aliphatic heterocycles. The van der Waals surface area contributed by atoms with Crippen LogP contribution in [0.4, 0.5) is 13.2 Å². The minimum Gasteiger partial charge on any atom is -0.385 e. The Bertz CT molecular complexity index is 908. The second-order valence-electron chi connectivity index (χ2n) is 8.58. The first-order valence-electron chi connectivity index (χ1n) is 10.7. The number of methoxy groups -OCH3 is 1. The van der Waals surface area contributed by atoms with E-state index in [0.29, 0.717) is 25.2 Å². The fraction of sp³-hybridized carbons (Fsp3) is 0.480. The maximum Gasteiger partial charge on any atom is 0.391 e. The van der Waals surface area contributed by atoms with Crippen molar-refractivity contribution in [2.75, 3.05) is 13.7 Å². The maximum atomic E-state index is 14.0. The van der Waals surface area contributed by atoms with Gasteiger partial charge in [0.25, 0.3) is 0 Å². The predicted molar refractivity (Wildman–Crippen MR) is 113 cm³/mol. The van der Waals surface area contributed by atoms with Gasteiger partial charge in [0.15, 0.2) is 0 Å². The van der Waals surface area contributed by atoms with Crippen LogP contribution in [0.25, 0.3) is 0 Å². The number of benzene rings is 2. The van der Waals surface area contributed by atoms with Crippen molar-refractivity contribution < 1.29 is 17.9 Å². The molecule has 160 valence electrons. The summed E-state index contributed by atoms with van der Waals surface area (Å²) in [6.07, 6.45) is -0.883. The molecular formula is C25H28F3NO. The number of alkyl halides is 3. The highest BCUT2D eigenvalue weighted by Gasteiger charge is 2.60. The van der Waals surface area contributed by atoms with Gasteiger partial charge in [-0.25, -0.2) is 0 Å². The van der Waals surface area contributed by atoms with E-state index in [9.17, 15) is 13.2 Å². The molecule has 0 amide bonds. The first kappa shape index (κ1) is 21.1. The molecule has 30 heavy (non-hydrogen) atoms. The molecule has 1 fully saturated rings. The van der Waals surface area contributed by atoms with Crippen molar-refractivity contribution >= 4 is 5.71 Å². The number of hydrogen-bond acceptors (Lipinski definition) is 2. The van der Waals surface area contributed by atoms with Gasteiger partial charge in [-0.2, -0.15) is 13.2 Å². The zero-order valence-corrected chi connectivity index (χ0v) is 17.3. The van der Waals surface area contributed by atoms with E-state index >= 15 is 0 Å². The van der Waals surface area contributed by atoms with Crippen LogP contribution in [-0.4, -0.2) is 31.1 Å². The summed E-state index contributed by atoms with van der Waals surface area (Å²) in [7, 11) is 1.64. The van der Waals surface area contributed by atoms with E-state index in [1.54, 1.807) is 7.11 Å². The summed E-state index contributed by atoms with van der Waals surface area (Å²) in [6, 6.07) is 17.6. The molecule has 0 N–H and O–H groups in total. The third-order valence-electron chi connectivity index (χ3n) is 6.85. The van der Waals surface area contributed by atoms with Crippen LogP contribution in [0.2, 0.25) is 0 Å².